The van der Waals surface area contributed by atoms with E-state index in [1.807, 2.05) is 0 Å². The summed E-state index contributed by atoms with van der Waals surface area (Å²) in [6.07, 6.45) is -2.38. The van der Waals surface area contributed by atoms with Crippen molar-refractivity contribution in [2.75, 3.05) is 0 Å². The molecule has 0 aliphatic heterocycles. The molecular weight excluding hydrogens is 422 g/mol. The van der Waals surface area contributed by atoms with Crippen LogP contribution in [-0.2, 0) is 6.18 Å². The lowest BCUT2D eigenvalue weighted by atomic mass is 10.1. The number of benzene rings is 2. The zero-order valence-corrected chi connectivity index (χ0v) is 15.1. The lowest BCUT2D eigenvalue weighted by Gasteiger charge is -2.11. The van der Waals surface area contributed by atoms with Crippen LogP contribution in [0.4, 0.5) is 18.9 Å². The third kappa shape index (κ3) is 3.85. The molecule has 0 aliphatic carbocycles. The first kappa shape index (κ1) is 19.8. The van der Waals surface area contributed by atoms with Gasteiger partial charge in [-0.25, -0.2) is 4.98 Å². The lowest BCUT2D eigenvalue weighted by molar-refractivity contribution is -0.385. The standard InChI is InChI=1S/C17H8Cl2F3N3O3/c18-9-1-4-15(25(27)28)11(5-9)16(26)14-7-24(8-23-14)10-2-3-13(19)12(6-10)17(20,21)22/h1-8H. The minimum absolute atomic E-state index is 0.0591. The Hall–Kier alpha value is -2.91. The third-order valence-electron chi connectivity index (χ3n) is 3.77. The molecule has 0 amide bonds. The van der Waals surface area contributed by atoms with Crippen molar-refractivity contribution >= 4 is 34.7 Å². The number of hydrogen-bond acceptors (Lipinski definition) is 4. The van der Waals surface area contributed by atoms with Crippen molar-refractivity contribution in [3.05, 3.63) is 85.9 Å². The predicted molar refractivity (Wildman–Crippen MR) is 95.1 cm³/mol. The van der Waals surface area contributed by atoms with Gasteiger partial charge >= 0.3 is 6.18 Å². The number of nitrogens with zero attached hydrogens (tertiary/aromatic N) is 3. The first-order chi connectivity index (χ1) is 13.1. The molecule has 2 aromatic carbocycles. The molecule has 0 spiro atoms. The zero-order chi connectivity index (χ0) is 20.6. The van der Waals surface area contributed by atoms with E-state index in [0.29, 0.717) is 0 Å². The molecule has 0 unspecified atom stereocenters. The summed E-state index contributed by atoms with van der Waals surface area (Å²) >= 11 is 11.4. The van der Waals surface area contributed by atoms with E-state index in [2.05, 4.69) is 4.98 Å². The number of carbonyl (C=O) groups excluding carboxylic acids is 1. The van der Waals surface area contributed by atoms with Gasteiger partial charge in [-0.3, -0.25) is 14.9 Å². The first-order valence-corrected chi connectivity index (χ1v) is 8.23. The topological polar surface area (TPSA) is 78.0 Å². The molecule has 28 heavy (non-hydrogen) atoms. The van der Waals surface area contributed by atoms with Crippen molar-refractivity contribution in [2.24, 2.45) is 0 Å². The van der Waals surface area contributed by atoms with Crippen molar-refractivity contribution in [1.82, 2.24) is 9.55 Å². The van der Waals surface area contributed by atoms with Gasteiger partial charge in [0.2, 0.25) is 5.78 Å². The monoisotopic (exact) mass is 429 g/mol. The summed E-state index contributed by atoms with van der Waals surface area (Å²) in [5.41, 5.74) is -1.93. The predicted octanol–water partition coefficient (Wildman–Crippen LogP) is 5.34. The number of aromatic nitrogens is 2. The summed E-state index contributed by atoms with van der Waals surface area (Å²) in [4.78, 5) is 26.8. The highest BCUT2D eigenvalue weighted by Crippen LogP contribution is 2.36. The number of ketones is 1. The highest BCUT2D eigenvalue weighted by Gasteiger charge is 2.33. The number of carbonyl (C=O) groups is 1. The second kappa shape index (κ2) is 7.25. The normalized spacial score (nSPS) is 11.5. The SMILES string of the molecule is O=C(c1cn(-c2ccc(Cl)c(C(F)(F)F)c2)cn1)c1cc(Cl)ccc1[N+](=O)[O-]. The van der Waals surface area contributed by atoms with Crippen LogP contribution in [0.15, 0.2) is 48.9 Å². The number of nitro groups is 1. The largest absolute Gasteiger partial charge is 0.417 e. The fraction of sp³-hybridized carbons (Fsp3) is 0.0588. The Bertz CT molecular complexity index is 1100. The summed E-state index contributed by atoms with van der Waals surface area (Å²) in [7, 11) is 0. The van der Waals surface area contributed by atoms with Crippen LogP contribution in [0, 0.1) is 10.1 Å². The third-order valence-corrected chi connectivity index (χ3v) is 4.33. The molecule has 1 heterocycles. The number of alkyl halides is 3. The smallest absolute Gasteiger partial charge is 0.306 e. The maximum Gasteiger partial charge on any atom is 0.417 e. The fourth-order valence-corrected chi connectivity index (χ4v) is 2.86. The van der Waals surface area contributed by atoms with Crippen molar-refractivity contribution in [1.29, 1.82) is 0 Å². The van der Waals surface area contributed by atoms with Crippen LogP contribution in [0.25, 0.3) is 5.69 Å². The number of rotatable bonds is 4. The average Bonchev–Trinajstić information content (AvgIpc) is 3.10. The molecule has 0 saturated carbocycles. The van der Waals surface area contributed by atoms with E-state index in [1.165, 1.54) is 16.7 Å². The van der Waals surface area contributed by atoms with Gasteiger partial charge in [0.05, 0.1) is 15.5 Å². The molecule has 0 bridgehead atoms. The van der Waals surface area contributed by atoms with Gasteiger partial charge in [0.15, 0.2) is 0 Å². The Morgan fingerprint density at radius 2 is 1.86 bits per heavy atom. The first-order valence-electron chi connectivity index (χ1n) is 7.47. The van der Waals surface area contributed by atoms with Gasteiger partial charge in [0.25, 0.3) is 5.69 Å². The lowest BCUT2D eigenvalue weighted by Crippen LogP contribution is -2.07. The van der Waals surface area contributed by atoms with Crippen LogP contribution in [0.5, 0.6) is 0 Å². The summed E-state index contributed by atoms with van der Waals surface area (Å²) in [6, 6.07) is 6.67. The molecule has 144 valence electrons. The summed E-state index contributed by atoms with van der Waals surface area (Å²) in [5, 5.41) is 10.8. The number of imidazole rings is 1. The van der Waals surface area contributed by atoms with E-state index < -0.39 is 33.2 Å². The molecule has 1 aromatic heterocycles. The van der Waals surface area contributed by atoms with E-state index in [9.17, 15) is 28.1 Å². The van der Waals surface area contributed by atoms with Crippen LogP contribution >= 0.6 is 23.2 Å². The van der Waals surface area contributed by atoms with Gasteiger partial charge in [-0.05, 0) is 30.3 Å². The van der Waals surface area contributed by atoms with E-state index in [0.717, 1.165) is 36.8 Å². The zero-order valence-electron chi connectivity index (χ0n) is 13.6. The molecule has 3 rings (SSSR count). The van der Waals surface area contributed by atoms with E-state index >= 15 is 0 Å². The van der Waals surface area contributed by atoms with E-state index in [-0.39, 0.29) is 22.0 Å². The van der Waals surface area contributed by atoms with Crippen molar-refractivity contribution in [3.8, 4) is 5.69 Å². The highest BCUT2D eigenvalue weighted by molar-refractivity contribution is 6.31. The molecule has 11 heteroatoms. The van der Waals surface area contributed by atoms with Gasteiger partial charge < -0.3 is 4.57 Å². The number of nitro benzene ring substituents is 1. The van der Waals surface area contributed by atoms with Gasteiger partial charge in [0, 0.05) is 23.0 Å². The molecule has 6 nitrogen and oxygen atoms in total. The minimum Gasteiger partial charge on any atom is -0.306 e. The Morgan fingerprint density at radius 1 is 1.14 bits per heavy atom. The maximum atomic E-state index is 13.0. The van der Waals surface area contributed by atoms with Crippen LogP contribution in [0.3, 0.4) is 0 Å². The van der Waals surface area contributed by atoms with Gasteiger partial charge in [-0.1, -0.05) is 23.2 Å². The van der Waals surface area contributed by atoms with Crippen molar-refractivity contribution < 1.29 is 22.9 Å². The van der Waals surface area contributed by atoms with Crippen LogP contribution < -0.4 is 0 Å². The Labute approximate surface area is 165 Å². The maximum absolute atomic E-state index is 13.0. The summed E-state index contributed by atoms with van der Waals surface area (Å²) in [5.74, 6) is -0.794. The van der Waals surface area contributed by atoms with Crippen LogP contribution in [0.2, 0.25) is 10.0 Å². The van der Waals surface area contributed by atoms with Gasteiger partial charge in [-0.2, -0.15) is 13.2 Å². The summed E-state index contributed by atoms with van der Waals surface area (Å²) < 4.78 is 40.2. The molecule has 0 atom stereocenters. The van der Waals surface area contributed by atoms with Crippen LogP contribution in [-0.4, -0.2) is 20.3 Å². The number of hydrogen-bond donors (Lipinski definition) is 0. The molecule has 0 N–H and O–H groups in total. The molecule has 0 radical (unpaired) electrons. The highest BCUT2D eigenvalue weighted by atomic mass is 35.5. The average molecular weight is 430 g/mol. The summed E-state index contributed by atoms with van der Waals surface area (Å²) in [6.45, 7) is 0. The fourth-order valence-electron chi connectivity index (χ4n) is 2.46. The quantitative estimate of drug-likeness (QED) is 0.318. The Balaban J connectivity index is 2.01. The molecule has 0 aliphatic rings. The molecule has 0 saturated heterocycles. The second-order valence-corrected chi connectivity index (χ2v) is 6.42. The van der Waals surface area contributed by atoms with Gasteiger partial charge in [-0.15, -0.1) is 0 Å². The molecular formula is C17H8Cl2F3N3O3. The molecule has 0 fully saturated rings. The minimum atomic E-state index is -4.66. The van der Waals surface area contributed by atoms with Crippen LogP contribution in [0.1, 0.15) is 21.6 Å². The molecule has 3 aromatic rings. The van der Waals surface area contributed by atoms with Gasteiger partial charge in [0.1, 0.15) is 17.6 Å². The second-order valence-electron chi connectivity index (χ2n) is 5.58. The Kier molecular flexibility index (Phi) is 5.14. The Morgan fingerprint density at radius 3 is 2.50 bits per heavy atom. The van der Waals surface area contributed by atoms with Crippen molar-refractivity contribution in [2.45, 2.75) is 6.18 Å². The van der Waals surface area contributed by atoms with Crippen molar-refractivity contribution in [3.63, 3.8) is 0 Å². The number of halogens is 5. The van der Waals surface area contributed by atoms with E-state index in [4.69, 9.17) is 23.2 Å². The van der Waals surface area contributed by atoms with E-state index in [1.54, 1.807) is 0 Å².